The second-order valence-corrected chi connectivity index (χ2v) is 6.01. The van der Waals surface area contributed by atoms with Gasteiger partial charge in [-0.2, -0.15) is 0 Å². The zero-order valence-electron chi connectivity index (χ0n) is 12.3. The summed E-state index contributed by atoms with van der Waals surface area (Å²) in [5.74, 6) is 0.971. The maximum atomic E-state index is 11.5. The number of urea groups is 1. The number of likely N-dealkylation sites (tertiary alicyclic amines) is 1. The number of likely N-dealkylation sites (N-methyl/N-ethyl adjacent to an activating group) is 1. The Kier molecular flexibility index (Phi) is 3.05. The molecule has 2 aliphatic heterocycles. The van der Waals surface area contributed by atoms with E-state index >= 15 is 0 Å². The Morgan fingerprint density at radius 1 is 1.40 bits per heavy atom. The van der Waals surface area contributed by atoms with Crippen molar-refractivity contribution in [2.75, 3.05) is 45.7 Å². The van der Waals surface area contributed by atoms with Crippen LogP contribution >= 0.6 is 0 Å². The Morgan fingerprint density at radius 3 is 2.65 bits per heavy atom. The van der Waals surface area contributed by atoms with E-state index in [0.717, 1.165) is 32.0 Å². The summed E-state index contributed by atoms with van der Waals surface area (Å²) in [6, 6.07) is 4.20. The molecule has 2 fully saturated rings. The van der Waals surface area contributed by atoms with Crippen molar-refractivity contribution in [3.05, 3.63) is 23.9 Å². The number of anilines is 1. The van der Waals surface area contributed by atoms with Crippen molar-refractivity contribution in [3.63, 3.8) is 0 Å². The number of carbonyl (C=O) groups is 1. The van der Waals surface area contributed by atoms with Crippen LogP contribution in [0.2, 0.25) is 0 Å². The Morgan fingerprint density at radius 2 is 2.15 bits per heavy atom. The molecule has 6 heteroatoms. The molecule has 6 nitrogen and oxygen atoms in total. The van der Waals surface area contributed by atoms with E-state index in [9.17, 15) is 4.79 Å². The Hall–Kier alpha value is -1.82. The lowest BCUT2D eigenvalue weighted by Gasteiger charge is -2.50. The minimum absolute atomic E-state index is 0.00802. The molecule has 1 N–H and O–H groups in total. The van der Waals surface area contributed by atoms with E-state index in [2.05, 4.69) is 21.3 Å². The highest BCUT2D eigenvalue weighted by Crippen LogP contribution is 2.30. The first-order valence-electron chi connectivity index (χ1n) is 6.86. The summed E-state index contributed by atoms with van der Waals surface area (Å²) in [5.41, 5.74) is 1.22. The van der Waals surface area contributed by atoms with E-state index in [4.69, 9.17) is 0 Å². The van der Waals surface area contributed by atoms with Gasteiger partial charge in [0.1, 0.15) is 5.82 Å². The molecular formula is C14H21N5O. The highest BCUT2D eigenvalue weighted by atomic mass is 16.2. The number of amides is 2. The van der Waals surface area contributed by atoms with E-state index < -0.39 is 0 Å². The number of nitrogens with one attached hydrogen (secondary N) is 1. The van der Waals surface area contributed by atoms with Gasteiger partial charge >= 0.3 is 6.03 Å². The van der Waals surface area contributed by atoms with Gasteiger partial charge in [-0.15, -0.1) is 0 Å². The number of rotatable bonds is 3. The molecule has 3 heterocycles. The van der Waals surface area contributed by atoms with Crippen molar-refractivity contribution < 1.29 is 4.79 Å². The van der Waals surface area contributed by atoms with Crippen molar-refractivity contribution in [1.29, 1.82) is 0 Å². The lowest BCUT2D eigenvalue weighted by Crippen LogP contribution is -2.68. The monoisotopic (exact) mass is 275 g/mol. The fourth-order valence-electron chi connectivity index (χ4n) is 2.95. The first-order valence-corrected chi connectivity index (χ1v) is 6.86. The van der Waals surface area contributed by atoms with Crippen LogP contribution in [0, 0.1) is 0 Å². The number of nitrogens with zero attached hydrogens (tertiary/aromatic N) is 4. The molecule has 2 aliphatic rings. The number of carbonyl (C=O) groups excluding carboxylic acids is 1. The number of pyridine rings is 1. The van der Waals surface area contributed by atoms with Gasteiger partial charge in [0.15, 0.2) is 0 Å². The lowest BCUT2D eigenvalue weighted by molar-refractivity contribution is -0.00111. The minimum atomic E-state index is 0.00802. The molecule has 1 aromatic heterocycles. The van der Waals surface area contributed by atoms with Crippen LogP contribution in [-0.4, -0.2) is 67.1 Å². The maximum Gasteiger partial charge on any atom is 0.317 e. The quantitative estimate of drug-likeness (QED) is 0.865. The summed E-state index contributed by atoms with van der Waals surface area (Å²) in [4.78, 5) is 22.1. The van der Waals surface area contributed by atoms with Crippen LogP contribution in [0.25, 0.3) is 0 Å². The highest BCUT2D eigenvalue weighted by Gasteiger charge is 2.51. The van der Waals surface area contributed by atoms with Crippen molar-refractivity contribution in [2.45, 2.75) is 12.1 Å². The molecular weight excluding hydrogens is 254 g/mol. The van der Waals surface area contributed by atoms with Crippen molar-refractivity contribution >= 4 is 11.8 Å². The SMILES string of the molecule is CN(C)c1ccc(CN2CC3(CNC(=O)N3C)C2)cn1. The van der Waals surface area contributed by atoms with Crippen LogP contribution in [0.5, 0.6) is 0 Å². The third-order valence-corrected chi connectivity index (χ3v) is 4.29. The van der Waals surface area contributed by atoms with Crippen LogP contribution in [0.15, 0.2) is 18.3 Å². The predicted octanol–water partition coefficient (Wildman–Crippen LogP) is 0.357. The molecule has 0 aromatic carbocycles. The van der Waals surface area contributed by atoms with E-state index in [1.807, 2.05) is 43.2 Å². The van der Waals surface area contributed by atoms with Gasteiger partial charge in [0.25, 0.3) is 0 Å². The van der Waals surface area contributed by atoms with Crippen LogP contribution < -0.4 is 10.2 Å². The normalized spacial score (nSPS) is 20.9. The van der Waals surface area contributed by atoms with Gasteiger partial charge in [-0.05, 0) is 11.6 Å². The average Bonchev–Trinajstić information content (AvgIpc) is 2.68. The molecule has 0 unspecified atom stereocenters. The summed E-state index contributed by atoms with van der Waals surface area (Å²) in [5, 5.41) is 2.91. The fourth-order valence-corrected chi connectivity index (χ4v) is 2.95. The molecule has 0 atom stereocenters. The summed E-state index contributed by atoms with van der Waals surface area (Å²) >= 11 is 0. The minimum Gasteiger partial charge on any atom is -0.363 e. The standard InChI is InChI=1S/C14H21N5O/c1-17(2)12-5-4-11(6-15-12)7-19-9-14(10-19)8-16-13(20)18(14)3/h4-6H,7-10H2,1-3H3,(H,16,20). The largest absolute Gasteiger partial charge is 0.363 e. The summed E-state index contributed by atoms with van der Waals surface area (Å²) in [6.45, 7) is 3.51. The highest BCUT2D eigenvalue weighted by molar-refractivity contribution is 5.78. The van der Waals surface area contributed by atoms with E-state index in [-0.39, 0.29) is 11.6 Å². The number of hydrogen-bond donors (Lipinski definition) is 1. The molecule has 0 aliphatic carbocycles. The average molecular weight is 275 g/mol. The van der Waals surface area contributed by atoms with Gasteiger partial charge in [0, 0.05) is 53.5 Å². The topological polar surface area (TPSA) is 51.7 Å². The molecule has 1 aromatic rings. The van der Waals surface area contributed by atoms with Crippen LogP contribution in [-0.2, 0) is 6.54 Å². The van der Waals surface area contributed by atoms with Crippen molar-refractivity contribution in [1.82, 2.24) is 20.1 Å². The molecule has 3 rings (SSSR count). The van der Waals surface area contributed by atoms with E-state index in [0.29, 0.717) is 0 Å². The van der Waals surface area contributed by atoms with Crippen LogP contribution in [0.3, 0.4) is 0 Å². The van der Waals surface area contributed by atoms with E-state index in [1.165, 1.54) is 5.56 Å². The van der Waals surface area contributed by atoms with Gasteiger partial charge in [-0.1, -0.05) is 6.07 Å². The third-order valence-electron chi connectivity index (χ3n) is 4.29. The molecule has 0 radical (unpaired) electrons. The lowest BCUT2D eigenvalue weighted by atomic mass is 9.89. The van der Waals surface area contributed by atoms with Crippen LogP contribution in [0.1, 0.15) is 5.56 Å². The summed E-state index contributed by atoms with van der Waals surface area (Å²) < 4.78 is 0. The Labute approximate surface area is 119 Å². The van der Waals surface area contributed by atoms with Gasteiger partial charge in [-0.25, -0.2) is 9.78 Å². The molecule has 108 valence electrons. The molecule has 20 heavy (non-hydrogen) atoms. The van der Waals surface area contributed by atoms with Crippen molar-refractivity contribution in [3.8, 4) is 0 Å². The van der Waals surface area contributed by atoms with Gasteiger partial charge in [0.05, 0.1) is 5.54 Å². The predicted molar refractivity (Wildman–Crippen MR) is 77.7 cm³/mol. The molecule has 2 saturated heterocycles. The zero-order valence-corrected chi connectivity index (χ0v) is 12.3. The molecule has 0 saturated carbocycles. The van der Waals surface area contributed by atoms with Crippen molar-refractivity contribution in [2.24, 2.45) is 0 Å². The first-order chi connectivity index (χ1) is 9.50. The third kappa shape index (κ3) is 2.10. The number of aromatic nitrogens is 1. The Balaban J connectivity index is 1.57. The van der Waals surface area contributed by atoms with Gasteiger partial charge < -0.3 is 15.1 Å². The maximum absolute atomic E-state index is 11.5. The summed E-state index contributed by atoms with van der Waals surface area (Å²) in [6.07, 6.45) is 1.93. The number of hydrogen-bond acceptors (Lipinski definition) is 4. The second-order valence-electron chi connectivity index (χ2n) is 6.01. The summed E-state index contributed by atoms with van der Waals surface area (Å²) in [7, 11) is 5.86. The van der Waals surface area contributed by atoms with Crippen LogP contribution in [0.4, 0.5) is 10.6 Å². The second kappa shape index (κ2) is 4.63. The molecule has 0 bridgehead atoms. The molecule has 1 spiro atoms. The smallest absolute Gasteiger partial charge is 0.317 e. The zero-order chi connectivity index (χ0) is 14.3. The Bertz CT molecular complexity index is 507. The first kappa shape index (κ1) is 13.2. The molecule has 2 amide bonds. The van der Waals surface area contributed by atoms with E-state index in [1.54, 1.807) is 0 Å². The van der Waals surface area contributed by atoms with Gasteiger partial charge in [-0.3, -0.25) is 4.90 Å². The van der Waals surface area contributed by atoms with Gasteiger partial charge in [0.2, 0.25) is 0 Å². The fraction of sp³-hybridized carbons (Fsp3) is 0.571.